The van der Waals surface area contributed by atoms with E-state index in [0.29, 0.717) is 5.75 Å². The topological polar surface area (TPSA) is 143 Å². The molecule has 2 aromatic heterocycles. The van der Waals surface area contributed by atoms with E-state index in [0.717, 1.165) is 11.8 Å². The van der Waals surface area contributed by atoms with Crippen molar-refractivity contribution >= 4 is 39.5 Å². The Labute approximate surface area is 181 Å². The van der Waals surface area contributed by atoms with Crippen LogP contribution in [0.3, 0.4) is 0 Å². The summed E-state index contributed by atoms with van der Waals surface area (Å²) in [4.78, 5) is 12.7. The van der Waals surface area contributed by atoms with Crippen LogP contribution in [0.15, 0.2) is 11.5 Å². The zero-order valence-corrected chi connectivity index (χ0v) is 18.0. The van der Waals surface area contributed by atoms with Crippen LogP contribution in [-0.2, 0) is 15.5 Å². The Hall–Kier alpha value is -1.52. The summed E-state index contributed by atoms with van der Waals surface area (Å²) in [5, 5.41) is 32.6. The number of hydrogen-bond acceptors (Lipinski definition) is 10. The summed E-state index contributed by atoms with van der Waals surface area (Å²) < 4.78 is 55.7. The molecule has 2 aromatic rings. The quantitative estimate of drug-likeness (QED) is 0.289. The van der Waals surface area contributed by atoms with E-state index in [1.165, 1.54) is 17.2 Å². The molecule has 0 aromatic carbocycles. The highest BCUT2D eigenvalue weighted by molar-refractivity contribution is 7.99. The summed E-state index contributed by atoms with van der Waals surface area (Å²) >= 11 is 0.801. The van der Waals surface area contributed by atoms with Gasteiger partial charge < -0.3 is 25.4 Å². The molecule has 0 saturated carbocycles. The number of nitrogens with zero attached hydrogens (tertiary/aromatic N) is 4. The van der Waals surface area contributed by atoms with Gasteiger partial charge in [-0.3, -0.25) is 8.78 Å². The van der Waals surface area contributed by atoms with E-state index in [-0.39, 0.29) is 34.4 Å². The molecule has 0 bridgehead atoms. The zero-order chi connectivity index (χ0) is 22.8. The van der Waals surface area contributed by atoms with Crippen LogP contribution in [0.25, 0.3) is 11.2 Å². The summed E-state index contributed by atoms with van der Waals surface area (Å²) in [6.45, 7) is -0.238. The number of ether oxygens (including phenoxy) is 1. The molecule has 31 heavy (non-hydrogen) atoms. The van der Waals surface area contributed by atoms with Crippen LogP contribution in [0, 0.1) is 0 Å². The molecule has 1 saturated heterocycles. The lowest BCUT2D eigenvalue weighted by Gasteiger charge is -2.17. The molecule has 3 heterocycles. The first kappa shape index (κ1) is 24.1. The summed E-state index contributed by atoms with van der Waals surface area (Å²) in [5.74, 6) is 0.253. The highest BCUT2D eigenvalue weighted by Gasteiger charge is 2.44. The lowest BCUT2D eigenvalue weighted by Crippen LogP contribution is -2.33. The molecule has 0 aliphatic carbocycles. The van der Waals surface area contributed by atoms with Crippen molar-refractivity contribution in [2.75, 3.05) is 36.2 Å². The highest BCUT2D eigenvalue weighted by Crippen LogP contribution is 2.33. The van der Waals surface area contributed by atoms with Crippen molar-refractivity contribution in [2.24, 2.45) is 0 Å². The van der Waals surface area contributed by atoms with Crippen LogP contribution in [0.4, 0.5) is 19.0 Å². The first-order valence-corrected chi connectivity index (χ1v) is 11.9. The first-order chi connectivity index (χ1) is 14.6. The molecular weight excluding hydrogens is 463 g/mol. The maximum absolute atomic E-state index is 12.5. The van der Waals surface area contributed by atoms with Gasteiger partial charge in [-0.05, 0) is 0 Å². The van der Waals surface area contributed by atoms with E-state index in [4.69, 9.17) is 4.74 Å². The molecule has 174 valence electrons. The van der Waals surface area contributed by atoms with Crippen molar-refractivity contribution in [1.29, 1.82) is 0 Å². The average Bonchev–Trinajstić information content (AvgIpc) is 3.22. The van der Waals surface area contributed by atoms with Gasteiger partial charge in [0, 0.05) is 35.1 Å². The first-order valence-electron chi connectivity index (χ1n) is 9.21. The van der Waals surface area contributed by atoms with E-state index in [2.05, 4.69) is 20.3 Å². The highest BCUT2D eigenvalue weighted by atomic mass is 32.2. The van der Waals surface area contributed by atoms with Crippen LogP contribution >= 0.6 is 11.8 Å². The Morgan fingerprint density at radius 1 is 1.32 bits per heavy atom. The summed E-state index contributed by atoms with van der Waals surface area (Å²) in [7, 11) is -1.07. The predicted octanol–water partition coefficient (Wildman–Crippen LogP) is 0.273. The summed E-state index contributed by atoms with van der Waals surface area (Å²) in [6.07, 6.45) is -7.36. The molecule has 5 atom stereocenters. The van der Waals surface area contributed by atoms with E-state index in [1.54, 1.807) is 0 Å². The molecular formula is C16H22F3N5O5S2. The molecule has 0 radical (unpaired) electrons. The van der Waals surface area contributed by atoms with Gasteiger partial charge in [0.25, 0.3) is 0 Å². The van der Waals surface area contributed by atoms with Gasteiger partial charge in [0.2, 0.25) is 0 Å². The van der Waals surface area contributed by atoms with Crippen molar-refractivity contribution in [2.45, 2.75) is 42.3 Å². The lowest BCUT2D eigenvalue weighted by atomic mass is 10.1. The summed E-state index contributed by atoms with van der Waals surface area (Å²) in [6, 6.07) is 0. The van der Waals surface area contributed by atoms with E-state index >= 15 is 0 Å². The Bertz CT molecular complexity index is 931. The van der Waals surface area contributed by atoms with Gasteiger partial charge in [0.1, 0.15) is 18.3 Å². The number of fused-ring (bicyclic) bond motifs is 1. The van der Waals surface area contributed by atoms with Gasteiger partial charge in [-0.25, -0.2) is 15.0 Å². The molecule has 1 aliphatic rings. The minimum atomic E-state index is -4.32. The maximum Gasteiger partial charge on any atom is 0.389 e. The molecule has 10 nitrogen and oxygen atoms in total. The second-order valence-electron chi connectivity index (χ2n) is 6.83. The molecule has 4 N–H and O–H groups in total. The number of aliphatic hydroxyl groups is 3. The number of alkyl halides is 3. The SMILES string of the molecule is CS(=O)CCNc1nc(SCCC(F)(F)F)nc2c1ncn2[C@@H]1O[C@H](CO)[C@@H](O)[C@H]1O. The van der Waals surface area contributed by atoms with Crippen molar-refractivity contribution in [3.63, 3.8) is 0 Å². The maximum atomic E-state index is 12.5. The monoisotopic (exact) mass is 485 g/mol. The van der Waals surface area contributed by atoms with Crippen LogP contribution < -0.4 is 5.32 Å². The molecule has 0 spiro atoms. The molecule has 0 amide bonds. The number of thioether (sulfide) groups is 1. The number of rotatable bonds is 9. The third-order valence-electron chi connectivity index (χ3n) is 4.49. The van der Waals surface area contributed by atoms with Gasteiger partial charge in [-0.2, -0.15) is 13.2 Å². The molecule has 1 aliphatic heterocycles. The largest absolute Gasteiger partial charge is 0.394 e. The Morgan fingerprint density at radius 3 is 2.68 bits per heavy atom. The Morgan fingerprint density at radius 2 is 2.06 bits per heavy atom. The number of anilines is 1. The van der Waals surface area contributed by atoms with Crippen molar-refractivity contribution in [3.05, 3.63) is 6.33 Å². The fraction of sp³-hybridized carbons (Fsp3) is 0.688. The predicted molar refractivity (Wildman–Crippen MR) is 107 cm³/mol. The number of aliphatic hydroxyl groups excluding tert-OH is 3. The summed E-state index contributed by atoms with van der Waals surface area (Å²) in [5.41, 5.74) is 0.430. The second kappa shape index (κ2) is 9.95. The Kier molecular flexibility index (Phi) is 7.75. The smallest absolute Gasteiger partial charge is 0.389 e. The molecule has 1 unspecified atom stereocenters. The van der Waals surface area contributed by atoms with E-state index in [9.17, 15) is 32.7 Å². The van der Waals surface area contributed by atoms with Gasteiger partial charge in [-0.1, -0.05) is 11.8 Å². The Balaban J connectivity index is 1.93. The molecule has 3 rings (SSSR count). The number of hydrogen-bond donors (Lipinski definition) is 4. The van der Waals surface area contributed by atoms with Crippen LogP contribution in [0.5, 0.6) is 0 Å². The molecule has 15 heteroatoms. The van der Waals surface area contributed by atoms with Crippen molar-refractivity contribution in [3.8, 4) is 0 Å². The second-order valence-corrected chi connectivity index (χ2v) is 9.44. The van der Waals surface area contributed by atoms with E-state index in [1.807, 2.05) is 0 Å². The van der Waals surface area contributed by atoms with Gasteiger partial charge in [0.15, 0.2) is 28.4 Å². The number of aromatic nitrogens is 4. The number of imidazole rings is 1. The van der Waals surface area contributed by atoms with Crippen molar-refractivity contribution < 1.29 is 37.4 Å². The third kappa shape index (κ3) is 5.84. The standard InChI is InChI=1S/C16H22F3N5O5S2/c1-31(28)5-3-20-12-9-13(23-15(22-12)30-4-2-16(17,18)19)24(7-21-9)14-11(27)10(26)8(6-25)29-14/h7-8,10-11,14,25-27H,2-6H2,1H3,(H,20,22,23)/t8-,10-,11-,14-,31?/m1/s1. The minimum Gasteiger partial charge on any atom is -0.394 e. The van der Waals surface area contributed by atoms with Gasteiger partial charge >= 0.3 is 6.18 Å². The average molecular weight is 486 g/mol. The minimum absolute atomic E-state index is 0.0466. The zero-order valence-electron chi connectivity index (χ0n) is 16.3. The van der Waals surface area contributed by atoms with Crippen LogP contribution in [0.1, 0.15) is 12.6 Å². The fourth-order valence-electron chi connectivity index (χ4n) is 2.95. The van der Waals surface area contributed by atoms with Crippen molar-refractivity contribution in [1.82, 2.24) is 19.5 Å². The number of nitrogens with one attached hydrogen (secondary N) is 1. The number of halogens is 3. The lowest BCUT2D eigenvalue weighted by molar-refractivity contribution is -0.129. The van der Waals surface area contributed by atoms with Crippen LogP contribution in [0.2, 0.25) is 0 Å². The fourth-order valence-corrected chi connectivity index (χ4v) is 4.16. The van der Waals surface area contributed by atoms with Gasteiger partial charge in [0.05, 0.1) is 19.4 Å². The third-order valence-corrected chi connectivity index (χ3v) is 6.12. The van der Waals surface area contributed by atoms with E-state index < -0.39 is 54.5 Å². The normalized spacial score (nSPS) is 25.3. The molecule has 1 fully saturated rings. The van der Waals surface area contributed by atoms with Crippen LogP contribution in [-0.4, -0.2) is 94.4 Å². The van der Waals surface area contributed by atoms with Gasteiger partial charge in [-0.15, -0.1) is 0 Å².